The summed E-state index contributed by atoms with van der Waals surface area (Å²) in [4.78, 5) is 22.3. The molecule has 0 amide bonds. The van der Waals surface area contributed by atoms with Crippen LogP contribution in [0, 0.1) is 10.8 Å². The van der Waals surface area contributed by atoms with Crippen molar-refractivity contribution in [2.45, 2.75) is 33.6 Å². The fraction of sp³-hybridized carbons (Fsp3) is 0.636. The zero-order valence-electron chi connectivity index (χ0n) is 8.89. The van der Waals surface area contributed by atoms with Gasteiger partial charge in [0.15, 0.2) is 0 Å². The van der Waals surface area contributed by atoms with E-state index in [1.165, 1.54) is 0 Å². The van der Waals surface area contributed by atoms with Gasteiger partial charge in [0.05, 0.1) is 0 Å². The molecule has 3 nitrogen and oxygen atoms in total. The maximum Gasteiger partial charge on any atom is 0.372 e. The Morgan fingerprint density at radius 1 is 1.36 bits per heavy atom. The maximum atomic E-state index is 11.6. The molecule has 0 aliphatic heterocycles. The van der Waals surface area contributed by atoms with Crippen molar-refractivity contribution in [2.24, 2.45) is 10.8 Å². The molecule has 0 aromatic carbocycles. The van der Waals surface area contributed by atoms with Crippen LogP contribution in [0.3, 0.4) is 0 Å². The highest BCUT2D eigenvalue weighted by Crippen LogP contribution is 2.55. The fourth-order valence-electron chi connectivity index (χ4n) is 2.05. The van der Waals surface area contributed by atoms with Gasteiger partial charge in [-0.2, -0.15) is 0 Å². The number of carbonyl (C=O) groups excluding carboxylic acids is 1. The minimum atomic E-state index is -1.34. The van der Waals surface area contributed by atoms with Crippen LogP contribution < -0.4 is 0 Å². The molecule has 78 valence electrons. The summed E-state index contributed by atoms with van der Waals surface area (Å²) in [5.74, 6) is -2.03. The van der Waals surface area contributed by atoms with E-state index < -0.39 is 22.6 Å². The first kappa shape index (κ1) is 11.0. The Hall–Kier alpha value is -1.12. The van der Waals surface area contributed by atoms with Crippen molar-refractivity contribution < 1.29 is 14.7 Å². The summed E-state index contributed by atoms with van der Waals surface area (Å²) in [6.07, 6.45) is 1.33. The van der Waals surface area contributed by atoms with Gasteiger partial charge in [0.1, 0.15) is 0 Å². The average Bonchev–Trinajstić information content (AvgIpc) is 2.29. The first-order chi connectivity index (χ1) is 6.23. The van der Waals surface area contributed by atoms with Crippen molar-refractivity contribution in [2.75, 3.05) is 0 Å². The lowest BCUT2D eigenvalue weighted by Crippen LogP contribution is -2.42. The van der Waals surface area contributed by atoms with E-state index in [-0.39, 0.29) is 0 Å². The second-order valence-corrected chi connectivity index (χ2v) is 4.69. The topological polar surface area (TPSA) is 54.4 Å². The number of rotatable bonds is 2. The average molecular weight is 196 g/mol. The molecule has 0 radical (unpaired) electrons. The predicted octanol–water partition coefficient (Wildman–Crippen LogP) is 2.02. The van der Waals surface area contributed by atoms with Crippen LogP contribution in [0.2, 0.25) is 0 Å². The number of carboxylic acids is 1. The third kappa shape index (κ3) is 1.19. The van der Waals surface area contributed by atoms with Crippen LogP contribution >= 0.6 is 0 Å². The van der Waals surface area contributed by atoms with Gasteiger partial charge in [0.25, 0.3) is 0 Å². The summed E-state index contributed by atoms with van der Waals surface area (Å²) in [7, 11) is 0. The highest BCUT2D eigenvalue weighted by atomic mass is 16.4. The van der Waals surface area contributed by atoms with Crippen LogP contribution in [0.1, 0.15) is 33.6 Å². The first-order valence-electron chi connectivity index (χ1n) is 4.69. The third-order valence-electron chi connectivity index (χ3n) is 3.89. The Balaban J connectivity index is 3.14. The van der Waals surface area contributed by atoms with E-state index in [0.29, 0.717) is 6.42 Å². The Morgan fingerprint density at radius 3 is 2.14 bits per heavy atom. The highest BCUT2D eigenvalue weighted by molar-refractivity contribution is 6.35. The van der Waals surface area contributed by atoms with Crippen LogP contribution in [0.5, 0.6) is 0 Å². The number of carboxylic acid groups (broad SMARTS) is 1. The second kappa shape index (κ2) is 2.94. The van der Waals surface area contributed by atoms with E-state index in [1.54, 1.807) is 6.92 Å². The van der Waals surface area contributed by atoms with Gasteiger partial charge >= 0.3 is 5.97 Å². The molecular formula is C11H16O3. The molecule has 1 fully saturated rings. The highest BCUT2D eigenvalue weighted by Gasteiger charge is 2.54. The lowest BCUT2D eigenvalue weighted by atomic mass is 9.65. The van der Waals surface area contributed by atoms with Crippen LogP contribution in [0.25, 0.3) is 0 Å². The Labute approximate surface area is 83.8 Å². The molecule has 1 unspecified atom stereocenters. The lowest BCUT2D eigenvalue weighted by Gasteiger charge is -2.36. The molecule has 0 aromatic heterocycles. The zero-order chi connectivity index (χ0) is 11.1. The summed E-state index contributed by atoms with van der Waals surface area (Å²) in [6.45, 7) is 9.41. The second-order valence-electron chi connectivity index (χ2n) is 4.69. The quantitative estimate of drug-likeness (QED) is 0.543. The lowest BCUT2D eigenvalue weighted by molar-refractivity contribution is -0.156. The SMILES string of the molecule is C=C1CCC(C)(C(=O)C(=O)O)C1(C)C. The maximum absolute atomic E-state index is 11.6. The van der Waals surface area contributed by atoms with Crippen LogP contribution in [0.4, 0.5) is 0 Å². The van der Waals surface area contributed by atoms with E-state index >= 15 is 0 Å². The van der Waals surface area contributed by atoms with Crippen molar-refractivity contribution >= 4 is 11.8 Å². The number of aliphatic carboxylic acids is 1. The standard InChI is InChI=1S/C11H16O3/c1-7-5-6-11(4,10(7,2)3)8(12)9(13)14/h1,5-6H2,2-4H3,(H,13,14). The molecule has 0 spiro atoms. The normalized spacial score (nSPS) is 30.4. The summed E-state index contributed by atoms with van der Waals surface area (Å²) < 4.78 is 0. The number of hydrogen-bond donors (Lipinski definition) is 1. The molecule has 1 aliphatic carbocycles. The molecule has 3 heteroatoms. The van der Waals surface area contributed by atoms with Crippen LogP contribution in [0.15, 0.2) is 12.2 Å². The third-order valence-corrected chi connectivity index (χ3v) is 3.89. The van der Waals surface area contributed by atoms with Crippen molar-refractivity contribution in [3.63, 3.8) is 0 Å². The molecule has 0 aromatic rings. The molecule has 14 heavy (non-hydrogen) atoms. The van der Waals surface area contributed by atoms with Gasteiger partial charge in [0.2, 0.25) is 5.78 Å². The van der Waals surface area contributed by atoms with Gasteiger partial charge in [-0.15, -0.1) is 0 Å². The predicted molar refractivity (Wildman–Crippen MR) is 52.9 cm³/mol. The number of carbonyl (C=O) groups is 2. The number of hydrogen-bond acceptors (Lipinski definition) is 2. The number of Topliss-reactive ketones (excluding diaryl/α,β-unsaturated/α-hetero) is 1. The van der Waals surface area contributed by atoms with E-state index in [1.807, 2.05) is 13.8 Å². The Morgan fingerprint density at radius 2 is 1.86 bits per heavy atom. The summed E-state index contributed by atoms with van der Waals surface area (Å²) >= 11 is 0. The van der Waals surface area contributed by atoms with Crippen LogP contribution in [-0.4, -0.2) is 16.9 Å². The zero-order valence-corrected chi connectivity index (χ0v) is 8.89. The van der Waals surface area contributed by atoms with Crippen molar-refractivity contribution in [3.8, 4) is 0 Å². The summed E-state index contributed by atoms with van der Waals surface area (Å²) in [5, 5.41) is 8.75. The molecule has 1 rings (SSSR count). The number of ketones is 1. The van der Waals surface area contributed by atoms with Gasteiger partial charge < -0.3 is 5.11 Å². The van der Waals surface area contributed by atoms with Gasteiger partial charge in [-0.3, -0.25) is 4.79 Å². The smallest absolute Gasteiger partial charge is 0.372 e. The molecule has 0 bridgehead atoms. The molecular weight excluding hydrogens is 180 g/mol. The Bertz CT molecular complexity index is 314. The van der Waals surface area contributed by atoms with Crippen molar-refractivity contribution in [1.82, 2.24) is 0 Å². The molecule has 0 heterocycles. The minimum absolute atomic E-state index is 0.414. The monoisotopic (exact) mass is 196 g/mol. The van der Waals surface area contributed by atoms with E-state index in [2.05, 4.69) is 6.58 Å². The van der Waals surface area contributed by atoms with Gasteiger partial charge in [-0.25, -0.2) is 4.79 Å². The van der Waals surface area contributed by atoms with Gasteiger partial charge in [0, 0.05) is 5.41 Å². The number of allylic oxidation sites excluding steroid dienone is 1. The van der Waals surface area contributed by atoms with Crippen LogP contribution in [-0.2, 0) is 9.59 Å². The largest absolute Gasteiger partial charge is 0.475 e. The molecule has 1 N–H and O–H groups in total. The molecule has 1 saturated carbocycles. The van der Waals surface area contributed by atoms with Gasteiger partial charge in [-0.1, -0.05) is 32.9 Å². The summed E-state index contributed by atoms with van der Waals surface area (Å²) in [5.41, 5.74) is -0.243. The van der Waals surface area contributed by atoms with E-state index in [4.69, 9.17) is 5.11 Å². The minimum Gasteiger partial charge on any atom is -0.475 e. The Kier molecular flexibility index (Phi) is 2.30. The van der Waals surface area contributed by atoms with Gasteiger partial charge in [-0.05, 0) is 18.3 Å². The van der Waals surface area contributed by atoms with E-state index in [9.17, 15) is 9.59 Å². The molecule has 0 saturated heterocycles. The molecule has 1 atom stereocenters. The van der Waals surface area contributed by atoms with E-state index in [0.717, 1.165) is 12.0 Å². The van der Waals surface area contributed by atoms with Crippen molar-refractivity contribution in [1.29, 1.82) is 0 Å². The van der Waals surface area contributed by atoms with Crippen molar-refractivity contribution in [3.05, 3.63) is 12.2 Å². The molecule has 1 aliphatic rings. The first-order valence-corrected chi connectivity index (χ1v) is 4.69. The summed E-state index contributed by atoms with van der Waals surface area (Å²) in [6, 6.07) is 0. The fourth-order valence-corrected chi connectivity index (χ4v) is 2.05.